The number of nitrogens with two attached hydrogens (primary N) is 1. The van der Waals surface area contributed by atoms with Crippen molar-refractivity contribution in [3.63, 3.8) is 0 Å². The number of anilines is 2. The molecule has 1 fully saturated rings. The zero-order valence-electron chi connectivity index (χ0n) is 11.1. The predicted octanol–water partition coefficient (Wildman–Crippen LogP) is 1.10. The van der Waals surface area contributed by atoms with Gasteiger partial charge in [-0.15, -0.1) is 0 Å². The Labute approximate surface area is 116 Å². The summed E-state index contributed by atoms with van der Waals surface area (Å²) in [6.07, 6.45) is 3.19. The van der Waals surface area contributed by atoms with Gasteiger partial charge in [0.15, 0.2) is 0 Å². The average Bonchev–Trinajstić information content (AvgIpc) is 2.92. The molecule has 1 heterocycles. The first kappa shape index (κ1) is 14.5. The minimum atomic E-state index is -0.486. The summed E-state index contributed by atoms with van der Waals surface area (Å²) in [5, 5.41) is 23.2. The minimum absolute atomic E-state index is 0.0689. The Bertz CT molecular complexity index is 482. The molecule has 0 amide bonds. The van der Waals surface area contributed by atoms with Crippen molar-refractivity contribution in [1.82, 2.24) is 4.98 Å². The Morgan fingerprint density at radius 1 is 1.40 bits per heavy atom. The number of aliphatic hydroxyl groups is 1. The molecule has 2 rings (SSSR count). The third kappa shape index (κ3) is 3.34. The van der Waals surface area contributed by atoms with Crippen LogP contribution in [0.15, 0.2) is 12.1 Å². The van der Waals surface area contributed by atoms with Gasteiger partial charge >= 0.3 is 0 Å². The van der Waals surface area contributed by atoms with Gasteiger partial charge in [-0.1, -0.05) is 6.42 Å². The first-order valence-electron chi connectivity index (χ1n) is 6.62. The van der Waals surface area contributed by atoms with Crippen molar-refractivity contribution in [3.05, 3.63) is 22.2 Å². The predicted molar refractivity (Wildman–Crippen MR) is 75.1 cm³/mol. The average molecular weight is 281 g/mol. The standard InChI is InChI=1S/C12H19N5O3/c13-16-12-5-10(17(19)20)4-11(15-12)14-6-8-2-1-3-9(8)7-18/h4-5,8-9,18H,1-3,6-7,13H2,(H2,14,15,16). The fraction of sp³-hybridized carbons (Fsp3) is 0.583. The molecule has 1 aliphatic carbocycles. The highest BCUT2D eigenvalue weighted by molar-refractivity contribution is 5.54. The topological polar surface area (TPSA) is 126 Å². The minimum Gasteiger partial charge on any atom is -0.396 e. The molecule has 0 aliphatic heterocycles. The summed E-state index contributed by atoms with van der Waals surface area (Å²) < 4.78 is 0. The normalized spacial score (nSPS) is 21.7. The lowest BCUT2D eigenvalue weighted by Gasteiger charge is -2.18. The first-order valence-corrected chi connectivity index (χ1v) is 6.62. The van der Waals surface area contributed by atoms with Crippen molar-refractivity contribution in [1.29, 1.82) is 0 Å². The number of nitrogens with zero attached hydrogens (tertiary/aromatic N) is 2. The molecule has 8 nitrogen and oxygen atoms in total. The Hall–Kier alpha value is -1.93. The molecule has 2 atom stereocenters. The monoisotopic (exact) mass is 281 g/mol. The molecule has 0 radical (unpaired) electrons. The van der Waals surface area contributed by atoms with Crippen molar-refractivity contribution < 1.29 is 10.0 Å². The Morgan fingerprint density at radius 3 is 2.75 bits per heavy atom. The molecule has 110 valence electrons. The molecular formula is C12H19N5O3. The molecule has 0 spiro atoms. The van der Waals surface area contributed by atoms with Crippen molar-refractivity contribution in [2.75, 3.05) is 23.9 Å². The SMILES string of the molecule is NNc1cc([N+](=O)[O-])cc(NCC2CCCC2CO)n1. The summed E-state index contributed by atoms with van der Waals surface area (Å²) in [6.45, 7) is 0.827. The molecular weight excluding hydrogens is 262 g/mol. The van der Waals surface area contributed by atoms with Gasteiger partial charge in [0.05, 0.1) is 17.1 Å². The number of hydrogen-bond donors (Lipinski definition) is 4. The van der Waals surface area contributed by atoms with E-state index < -0.39 is 4.92 Å². The fourth-order valence-corrected chi connectivity index (χ4v) is 2.64. The van der Waals surface area contributed by atoms with E-state index in [2.05, 4.69) is 15.7 Å². The van der Waals surface area contributed by atoms with E-state index in [1.165, 1.54) is 12.1 Å². The Balaban J connectivity index is 2.05. The van der Waals surface area contributed by atoms with Crippen LogP contribution in [0.1, 0.15) is 19.3 Å². The van der Waals surface area contributed by atoms with E-state index in [-0.39, 0.29) is 18.1 Å². The van der Waals surface area contributed by atoms with E-state index in [4.69, 9.17) is 5.84 Å². The van der Waals surface area contributed by atoms with Crippen molar-refractivity contribution in [2.24, 2.45) is 17.7 Å². The second-order valence-electron chi connectivity index (χ2n) is 5.01. The van der Waals surface area contributed by atoms with Crippen LogP contribution in [0.25, 0.3) is 0 Å². The second-order valence-corrected chi connectivity index (χ2v) is 5.01. The summed E-state index contributed by atoms with van der Waals surface area (Å²) in [6, 6.07) is 2.65. The number of rotatable bonds is 6. The summed E-state index contributed by atoms with van der Waals surface area (Å²) in [7, 11) is 0. The van der Waals surface area contributed by atoms with Crippen LogP contribution >= 0.6 is 0 Å². The maximum Gasteiger partial charge on any atom is 0.276 e. The zero-order valence-corrected chi connectivity index (χ0v) is 11.1. The van der Waals surface area contributed by atoms with Gasteiger partial charge < -0.3 is 15.8 Å². The van der Waals surface area contributed by atoms with E-state index in [9.17, 15) is 15.2 Å². The van der Waals surface area contributed by atoms with Crippen LogP contribution in [-0.2, 0) is 0 Å². The summed E-state index contributed by atoms with van der Waals surface area (Å²) in [5.41, 5.74) is 2.25. The lowest BCUT2D eigenvalue weighted by atomic mass is 9.97. The third-order valence-corrected chi connectivity index (χ3v) is 3.77. The first-order chi connectivity index (χ1) is 9.63. The largest absolute Gasteiger partial charge is 0.396 e. The van der Waals surface area contributed by atoms with Gasteiger partial charge in [0.2, 0.25) is 0 Å². The quantitative estimate of drug-likeness (QED) is 0.349. The lowest BCUT2D eigenvalue weighted by molar-refractivity contribution is -0.384. The molecule has 0 saturated heterocycles. The smallest absolute Gasteiger partial charge is 0.276 e. The Morgan fingerprint density at radius 2 is 2.10 bits per heavy atom. The van der Waals surface area contributed by atoms with Gasteiger partial charge in [0.25, 0.3) is 5.69 Å². The molecule has 1 aliphatic rings. The van der Waals surface area contributed by atoms with E-state index in [0.717, 1.165) is 19.3 Å². The van der Waals surface area contributed by atoms with Crippen LogP contribution in [0.3, 0.4) is 0 Å². The molecule has 1 aromatic heterocycles. The van der Waals surface area contributed by atoms with Crippen LogP contribution in [-0.4, -0.2) is 28.2 Å². The molecule has 1 aromatic rings. The van der Waals surface area contributed by atoms with E-state index in [1.54, 1.807) is 0 Å². The zero-order chi connectivity index (χ0) is 14.5. The van der Waals surface area contributed by atoms with Gasteiger partial charge in [-0.05, 0) is 24.7 Å². The van der Waals surface area contributed by atoms with Crippen LogP contribution < -0.4 is 16.6 Å². The van der Waals surface area contributed by atoms with Gasteiger partial charge in [-0.25, -0.2) is 10.8 Å². The number of nitro groups is 1. The van der Waals surface area contributed by atoms with E-state index in [0.29, 0.717) is 24.2 Å². The molecule has 2 unspecified atom stereocenters. The molecule has 5 N–H and O–H groups in total. The molecule has 0 bridgehead atoms. The summed E-state index contributed by atoms with van der Waals surface area (Å²) in [4.78, 5) is 14.5. The number of hydrazine groups is 1. The maximum absolute atomic E-state index is 10.8. The van der Waals surface area contributed by atoms with Gasteiger partial charge in [0.1, 0.15) is 11.6 Å². The lowest BCUT2D eigenvalue weighted by Crippen LogP contribution is -2.21. The number of aromatic nitrogens is 1. The van der Waals surface area contributed by atoms with Crippen LogP contribution in [0, 0.1) is 22.0 Å². The van der Waals surface area contributed by atoms with Crippen LogP contribution in [0.2, 0.25) is 0 Å². The van der Waals surface area contributed by atoms with E-state index in [1.807, 2.05) is 0 Å². The van der Waals surface area contributed by atoms with Crippen molar-refractivity contribution >= 4 is 17.3 Å². The molecule has 8 heteroatoms. The third-order valence-electron chi connectivity index (χ3n) is 3.77. The van der Waals surface area contributed by atoms with Gasteiger partial charge in [0, 0.05) is 13.2 Å². The highest BCUT2D eigenvalue weighted by atomic mass is 16.6. The number of hydrogen-bond acceptors (Lipinski definition) is 7. The van der Waals surface area contributed by atoms with Crippen molar-refractivity contribution in [3.8, 4) is 0 Å². The molecule has 1 saturated carbocycles. The van der Waals surface area contributed by atoms with Crippen molar-refractivity contribution in [2.45, 2.75) is 19.3 Å². The highest BCUT2D eigenvalue weighted by Crippen LogP contribution is 2.31. The maximum atomic E-state index is 10.8. The number of pyridine rings is 1. The highest BCUT2D eigenvalue weighted by Gasteiger charge is 2.26. The summed E-state index contributed by atoms with van der Waals surface area (Å²) in [5.74, 6) is 6.58. The summed E-state index contributed by atoms with van der Waals surface area (Å²) >= 11 is 0. The second kappa shape index (κ2) is 6.49. The van der Waals surface area contributed by atoms with Gasteiger partial charge in [-0.3, -0.25) is 10.1 Å². The number of aliphatic hydroxyl groups excluding tert-OH is 1. The Kier molecular flexibility index (Phi) is 4.70. The van der Waals surface area contributed by atoms with E-state index >= 15 is 0 Å². The fourth-order valence-electron chi connectivity index (χ4n) is 2.64. The van der Waals surface area contributed by atoms with Gasteiger partial charge in [-0.2, -0.15) is 0 Å². The molecule has 20 heavy (non-hydrogen) atoms. The number of nitrogen functional groups attached to an aromatic ring is 1. The van der Waals surface area contributed by atoms with Crippen LogP contribution in [0.4, 0.5) is 17.3 Å². The number of nitrogens with one attached hydrogen (secondary N) is 2. The van der Waals surface area contributed by atoms with Crippen LogP contribution in [0.5, 0.6) is 0 Å². The molecule has 0 aromatic carbocycles.